The molecule has 116 valence electrons. The van der Waals surface area contributed by atoms with Crippen LogP contribution in [0.4, 0.5) is 0 Å². The van der Waals surface area contributed by atoms with E-state index in [1.165, 1.54) is 11.3 Å². The number of hydrazone groups is 1. The lowest BCUT2D eigenvalue weighted by Gasteiger charge is -2.07. The van der Waals surface area contributed by atoms with Gasteiger partial charge in [0, 0.05) is 11.1 Å². The Balaban J connectivity index is 1.89. The number of hydrogen-bond donors (Lipinski definition) is 1. The van der Waals surface area contributed by atoms with Crippen molar-refractivity contribution in [1.82, 2.24) is 10.4 Å². The molecular weight excluding hydrogens is 330 g/mol. The van der Waals surface area contributed by atoms with Crippen LogP contribution in [0.15, 0.2) is 47.6 Å². The Morgan fingerprint density at radius 2 is 2.04 bits per heavy atom. The second-order valence-corrected chi connectivity index (χ2v) is 6.79. The molecule has 6 heteroatoms. The van der Waals surface area contributed by atoms with Crippen molar-refractivity contribution in [3.63, 3.8) is 0 Å². The number of nitrogens with zero attached hydrogens (tertiary/aromatic N) is 2. The topological polar surface area (TPSA) is 54.4 Å². The number of thiophene rings is 1. The fourth-order valence-electron chi connectivity index (χ4n) is 2.25. The summed E-state index contributed by atoms with van der Waals surface area (Å²) in [7, 11) is 0. The van der Waals surface area contributed by atoms with E-state index in [0.717, 1.165) is 21.5 Å². The van der Waals surface area contributed by atoms with E-state index in [-0.39, 0.29) is 5.91 Å². The largest absolute Gasteiger partial charge is 0.272 e. The number of aryl methyl sites for hydroxylation is 1. The first kappa shape index (κ1) is 15.6. The summed E-state index contributed by atoms with van der Waals surface area (Å²) in [5.74, 6) is -0.256. The molecule has 0 fully saturated rings. The molecule has 1 N–H and O–H groups in total. The average molecular weight is 344 g/mol. The van der Waals surface area contributed by atoms with E-state index in [9.17, 15) is 4.79 Å². The molecule has 0 spiro atoms. The molecular formula is C17H14ClN3OS. The number of rotatable bonds is 3. The fraction of sp³-hybridized carbons (Fsp3) is 0.118. The van der Waals surface area contributed by atoms with Crippen molar-refractivity contribution in [3.05, 3.63) is 62.9 Å². The van der Waals surface area contributed by atoms with Crippen LogP contribution in [-0.4, -0.2) is 16.6 Å². The van der Waals surface area contributed by atoms with E-state index < -0.39 is 0 Å². The maximum absolute atomic E-state index is 12.5. The maximum Gasteiger partial charge on any atom is 0.272 e. The molecule has 0 aliphatic carbocycles. The van der Waals surface area contributed by atoms with Crippen molar-refractivity contribution >= 4 is 45.5 Å². The van der Waals surface area contributed by atoms with Crippen molar-refractivity contribution in [2.75, 3.05) is 0 Å². The maximum atomic E-state index is 12.5. The van der Waals surface area contributed by atoms with Gasteiger partial charge in [0.15, 0.2) is 0 Å². The molecule has 0 aliphatic rings. The summed E-state index contributed by atoms with van der Waals surface area (Å²) in [6, 6.07) is 13.0. The number of aromatic nitrogens is 1. The molecule has 1 amide bonds. The van der Waals surface area contributed by atoms with Gasteiger partial charge in [-0.3, -0.25) is 9.78 Å². The molecule has 0 saturated heterocycles. The van der Waals surface area contributed by atoms with E-state index >= 15 is 0 Å². The molecule has 0 atom stereocenters. The summed E-state index contributed by atoms with van der Waals surface area (Å²) in [6.45, 7) is 3.70. The number of halogens is 1. The van der Waals surface area contributed by atoms with Gasteiger partial charge in [-0.25, -0.2) is 5.43 Å². The van der Waals surface area contributed by atoms with Crippen LogP contribution in [0, 0.1) is 6.92 Å². The van der Waals surface area contributed by atoms with Gasteiger partial charge in [0.05, 0.1) is 26.0 Å². The van der Waals surface area contributed by atoms with Gasteiger partial charge in [0.25, 0.3) is 5.91 Å². The SMILES string of the molecule is C/C(=N\NC(=O)c1cc(C)nc2ccccc12)c1ccc(Cl)s1. The molecule has 2 aromatic heterocycles. The van der Waals surface area contributed by atoms with E-state index in [1.807, 2.05) is 50.2 Å². The Morgan fingerprint density at radius 1 is 1.26 bits per heavy atom. The Kier molecular flexibility index (Phi) is 4.41. The highest BCUT2D eigenvalue weighted by Crippen LogP contribution is 2.22. The number of para-hydroxylation sites is 1. The molecule has 0 aliphatic heterocycles. The van der Waals surface area contributed by atoms with Gasteiger partial charge in [0.1, 0.15) is 0 Å². The number of carbonyl (C=O) groups excluding carboxylic acids is 1. The van der Waals surface area contributed by atoms with Crippen LogP contribution < -0.4 is 5.43 Å². The first-order chi connectivity index (χ1) is 11.0. The standard InChI is InChI=1S/C17H14ClN3OS/c1-10-9-13(12-5-3-4-6-14(12)19-10)17(22)21-20-11(2)15-7-8-16(18)23-15/h3-9H,1-2H3,(H,21,22)/b20-11+. The second kappa shape index (κ2) is 6.48. The summed E-state index contributed by atoms with van der Waals surface area (Å²) in [4.78, 5) is 17.8. The van der Waals surface area contributed by atoms with Gasteiger partial charge >= 0.3 is 0 Å². The summed E-state index contributed by atoms with van der Waals surface area (Å²) in [5, 5.41) is 4.98. The first-order valence-electron chi connectivity index (χ1n) is 7.01. The number of hydrogen-bond acceptors (Lipinski definition) is 4. The summed E-state index contributed by atoms with van der Waals surface area (Å²) in [6.07, 6.45) is 0. The van der Waals surface area contributed by atoms with Crippen LogP contribution in [0.2, 0.25) is 4.34 Å². The Hall–Kier alpha value is -2.24. The van der Waals surface area contributed by atoms with Crippen molar-refractivity contribution in [1.29, 1.82) is 0 Å². The number of amides is 1. The quantitative estimate of drug-likeness (QED) is 0.565. The number of fused-ring (bicyclic) bond motifs is 1. The third-order valence-electron chi connectivity index (χ3n) is 3.34. The van der Waals surface area contributed by atoms with Crippen LogP contribution in [0.25, 0.3) is 10.9 Å². The Bertz CT molecular complexity index is 917. The van der Waals surface area contributed by atoms with E-state index in [2.05, 4.69) is 15.5 Å². The van der Waals surface area contributed by atoms with E-state index in [1.54, 1.807) is 6.07 Å². The van der Waals surface area contributed by atoms with Crippen molar-refractivity contribution in [3.8, 4) is 0 Å². The molecule has 2 heterocycles. The number of benzene rings is 1. The zero-order valence-corrected chi connectivity index (χ0v) is 14.2. The van der Waals surface area contributed by atoms with Gasteiger partial charge in [-0.2, -0.15) is 5.10 Å². The molecule has 0 saturated carbocycles. The Labute approximate surface area is 142 Å². The van der Waals surface area contributed by atoms with Gasteiger partial charge in [-0.05, 0) is 38.1 Å². The van der Waals surface area contributed by atoms with Gasteiger partial charge in [0.2, 0.25) is 0 Å². The molecule has 0 radical (unpaired) electrons. The van der Waals surface area contributed by atoms with Crippen molar-refractivity contribution < 1.29 is 4.79 Å². The zero-order chi connectivity index (χ0) is 16.4. The minimum atomic E-state index is -0.256. The molecule has 23 heavy (non-hydrogen) atoms. The molecule has 3 aromatic rings. The monoisotopic (exact) mass is 343 g/mol. The predicted molar refractivity (Wildman–Crippen MR) is 95.5 cm³/mol. The zero-order valence-electron chi connectivity index (χ0n) is 12.6. The highest BCUT2D eigenvalue weighted by atomic mass is 35.5. The Morgan fingerprint density at radius 3 is 2.78 bits per heavy atom. The lowest BCUT2D eigenvalue weighted by molar-refractivity contribution is 0.0956. The normalized spacial score (nSPS) is 11.7. The number of carbonyl (C=O) groups is 1. The first-order valence-corrected chi connectivity index (χ1v) is 8.21. The predicted octanol–water partition coefficient (Wildman–Crippen LogP) is 4.41. The van der Waals surface area contributed by atoms with Crippen molar-refractivity contribution in [2.24, 2.45) is 5.10 Å². The van der Waals surface area contributed by atoms with Gasteiger partial charge in [-0.1, -0.05) is 29.8 Å². The fourth-order valence-corrected chi connectivity index (χ4v) is 3.24. The molecule has 0 bridgehead atoms. The van der Waals surface area contributed by atoms with Gasteiger partial charge < -0.3 is 0 Å². The van der Waals surface area contributed by atoms with Crippen LogP contribution in [0.1, 0.15) is 27.9 Å². The molecule has 4 nitrogen and oxygen atoms in total. The summed E-state index contributed by atoms with van der Waals surface area (Å²) in [5.41, 5.74) is 5.47. The highest BCUT2D eigenvalue weighted by molar-refractivity contribution is 7.18. The lowest BCUT2D eigenvalue weighted by Crippen LogP contribution is -2.19. The third kappa shape index (κ3) is 3.41. The molecule has 3 rings (SSSR count). The molecule has 0 unspecified atom stereocenters. The second-order valence-electron chi connectivity index (χ2n) is 5.07. The number of nitrogens with one attached hydrogen (secondary N) is 1. The lowest BCUT2D eigenvalue weighted by atomic mass is 10.1. The summed E-state index contributed by atoms with van der Waals surface area (Å²) < 4.78 is 0.691. The van der Waals surface area contributed by atoms with Crippen LogP contribution in [0.3, 0.4) is 0 Å². The minimum absolute atomic E-state index is 0.256. The minimum Gasteiger partial charge on any atom is -0.267 e. The van der Waals surface area contributed by atoms with E-state index in [4.69, 9.17) is 11.6 Å². The number of pyridine rings is 1. The van der Waals surface area contributed by atoms with E-state index in [0.29, 0.717) is 15.6 Å². The van der Waals surface area contributed by atoms with Crippen LogP contribution in [-0.2, 0) is 0 Å². The average Bonchev–Trinajstić information content (AvgIpc) is 2.98. The summed E-state index contributed by atoms with van der Waals surface area (Å²) >= 11 is 7.34. The van der Waals surface area contributed by atoms with Crippen LogP contribution >= 0.6 is 22.9 Å². The van der Waals surface area contributed by atoms with Gasteiger partial charge in [-0.15, -0.1) is 11.3 Å². The van der Waals surface area contributed by atoms with Crippen molar-refractivity contribution in [2.45, 2.75) is 13.8 Å². The smallest absolute Gasteiger partial charge is 0.267 e. The van der Waals surface area contributed by atoms with Crippen LogP contribution in [0.5, 0.6) is 0 Å². The molecule has 1 aromatic carbocycles. The highest BCUT2D eigenvalue weighted by Gasteiger charge is 2.11. The third-order valence-corrected chi connectivity index (χ3v) is 4.68.